The summed E-state index contributed by atoms with van der Waals surface area (Å²) >= 11 is 4.96. The van der Waals surface area contributed by atoms with E-state index in [0.717, 1.165) is 0 Å². The fourth-order valence-electron chi connectivity index (χ4n) is 1.23. The molecule has 0 heterocycles. The first kappa shape index (κ1) is 11.9. The smallest absolute Gasteiger partial charge is 0.166 e. The molecule has 82 valence electrons. The molecule has 1 aromatic carbocycles. The molecule has 0 aliphatic carbocycles. The molecule has 0 bridgehead atoms. The summed E-state index contributed by atoms with van der Waals surface area (Å²) in [6, 6.07) is 8.16. The third-order valence-electron chi connectivity index (χ3n) is 1.92. The van der Waals surface area contributed by atoms with E-state index in [9.17, 15) is 4.39 Å². The van der Waals surface area contributed by atoms with E-state index in [1.54, 1.807) is 0 Å². The minimum Gasteiger partial charge on any atom is -0.360 e. The highest BCUT2D eigenvalue weighted by molar-refractivity contribution is 7.80. The van der Waals surface area contributed by atoms with Gasteiger partial charge in [-0.3, -0.25) is 0 Å². The van der Waals surface area contributed by atoms with Gasteiger partial charge in [0.25, 0.3) is 0 Å². The lowest BCUT2D eigenvalue weighted by molar-refractivity contribution is 0.490. The predicted octanol–water partition coefficient (Wildman–Crippen LogP) is 1.93. The maximum Gasteiger partial charge on any atom is 0.166 e. The largest absolute Gasteiger partial charge is 0.360 e. The second-order valence-corrected chi connectivity index (χ2v) is 3.70. The molecular formula is C11H15FN2S. The molecule has 1 aromatic rings. The van der Waals surface area contributed by atoms with Crippen molar-refractivity contribution < 1.29 is 4.39 Å². The summed E-state index contributed by atoms with van der Waals surface area (Å²) in [5.41, 5.74) is 2.39. The van der Waals surface area contributed by atoms with Gasteiger partial charge < -0.3 is 10.6 Å². The van der Waals surface area contributed by atoms with Crippen molar-refractivity contribution in [3.8, 4) is 0 Å². The number of nitrogens with one attached hydrogen (secondary N) is 2. The Morgan fingerprint density at radius 3 is 2.87 bits per heavy atom. The first-order valence-electron chi connectivity index (χ1n) is 4.85. The molecule has 1 rings (SSSR count). The van der Waals surface area contributed by atoms with Crippen molar-refractivity contribution in [2.75, 3.05) is 13.2 Å². The summed E-state index contributed by atoms with van der Waals surface area (Å²) in [5, 5.41) is 6.27. The van der Waals surface area contributed by atoms with Crippen LogP contribution in [0, 0.1) is 6.92 Å². The maximum absolute atomic E-state index is 11.8. The highest BCUT2D eigenvalue weighted by atomic mass is 32.1. The van der Waals surface area contributed by atoms with Crippen LogP contribution in [0.4, 0.5) is 4.39 Å². The minimum absolute atomic E-state index is 0.264. The van der Waals surface area contributed by atoms with Gasteiger partial charge in [-0.25, -0.2) is 4.39 Å². The molecule has 0 aliphatic rings. The predicted molar refractivity (Wildman–Crippen MR) is 64.6 cm³/mol. The third kappa shape index (κ3) is 4.74. The van der Waals surface area contributed by atoms with Gasteiger partial charge in [0.1, 0.15) is 6.67 Å². The van der Waals surface area contributed by atoms with Crippen LogP contribution in [0.1, 0.15) is 11.1 Å². The Labute approximate surface area is 94.9 Å². The highest BCUT2D eigenvalue weighted by Gasteiger charge is 1.96. The van der Waals surface area contributed by atoms with Crippen LogP contribution < -0.4 is 10.6 Å². The average Bonchev–Trinajstić information content (AvgIpc) is 2.23. The van der Waals surface area contributed by atoms with Gasteiger partial charge in [-0.2, -0.15) is 0 Å². The van der Waals surface area contributed by atoms with Gasteiger partial charge in [0.05, 0.1) is 0 Å². The Kier molecular flexibility index (Phi) is 5.04. The average molecular weight is 226 g/mol. The molecule has 2 nitrogen and oxygen atoms in total. The van der Waals surface area contributed by atoms with Crippen LogP contribution >= 0.6 is 12.2 Å². The molecule has 0 saturated carbocycles. The fraction of sp³-hybridized carbons (Fsp3) is 0.364. The highest BCUT2D eigenvalue weighted by Crippen LogP contribution is 2.02. The summed E-state index contributed by atoms with van der Waals surface area (Å²) in [5.74, 6) is 0. The zero-order valence-corrected chi connectivity index (χ0v) is 9.53. The second-order valence-electron chi connectivity index (χ2n) is 3.29. The standard InChI is InChI=1S/C11H15FN2S/c1-9-3-2-4-10(7-9)8-14-11(15)13-6-5-12/h2-4,7H,5-6,8H2,1H3,(H2,13,14,15). The van der Waals surface area contributed by atoms with E-state index in [4.69, 9.17) is 12.2 Å². The molecule has 2 N–H and O–H groups in total. The Morgan fingerprint density at radius 1 is 1.40 bits per heavy atom. The van der Waals surface area contributed by atoms with Gasteiger partial charge in [-0.15, -0.1) is 0 Å². The van der Waals surface area contributed by atoms with Crippen LogP contribution in [-0.4, -0.2) is 18.3 Å². The Bertz CT molecular complexity index is 328. The zero-order chi connectivity index (χ0) is 11.1. The van der Waals surface area contributed by atoms with Crippen LogP contribution in [0.3, 0.4) is 0 Å². The Morgan fingerprint density at radius 2 is 2.20 bits per heavy atom. The van der Waals surface area contributed by atoms with Crippen LogP contribution in [0.5, 0.6) is 0 Å². The first-order valence-corrected chi connectivity index (χ1v) is 5.26. The summed E-state index contributed by atoms with van der Waals surface area (Å²) in [6.07, 6.45) is 0. The molecule has 4 heteroatoms. The number of aryl methyl sites for hydroxylation is 1. The molecule has 0 atom stereocenters. The lowest BCUT2D eigenvalue weighted by atomic mass is 10.1. The number of benzene rings is 1. The van der Waals surface area contributed by atoms with E-state index in [1.807, 2.05) is 25.1 Å². The van der Waals surface area contributed by atoms with Gasteiger partial charge in [0.15, 0.2) is 5.11 Å². The zero-order valence-electron chi connectivity index (χ0n) is 8.72. The SMILES string of the molecule is Cc1cccc(CNC(=S)NCCF)c1. The minimum atomic E-state index is -0.410. The quantitative estimate of drug-likeness (QED) is 0.767. The topological polar surface area (TPSA) is 24.1 Å². The Balaban J connectivity index is 2.33. The summed E-state index contributed by atoms with van der Waals surface area (Å²) < 4.78 is 11.8. The monoisotopic (exact) mass is 226 g/mol. The second kappa shape index (κ2) is 6.35. The molecule has 0 unspecified atom stereocenters. The molecule has 0 amide bonds. The number of hydrogen-bond acceptors (Lipinski definition) is 1. The molecule has 15 heavy (non-hydrogen) atoms. The van der Waals surface area contributed by atoms with E-state index < -0.39 is 6.67 Å². The van der Waals surface area contributed by atoms with Crippen LogP contribution in [0.2, 0.25) is 0 Å². The van der Waals surface area contributed by atoms with Crippen molar-refractivity contribution in [3.05, 3.63) is 35.4 Å². The lowest BCUT2D eigenvalue weighted by Crippen LogP contribution is -2.35. The van der Waals surface area contributed by atoms with Gasteiger partial charge in [-0.1, -0.05) is 29.8 Å². The van der Waals surface area contributed by atoms with Crippen molar-refractivity contribution in [2.24, 2.45) is 0 Å². The molecule has 0 radical (unpaired) electrons. The molecule has 0 aromatic heterocycles. The molecule has 0 saturated heterocycles. The van der Waals surface area contributed by atoms with E-state index in [-0.39, 0.29) is 6.54 Å². The maximum atomic E-state index is 11.8. The molecule has 0 fully saturated rings. The normalized spacial score (nSPS) is 9.73. The van der Waals surface area contributed by atoms with Crippen molar-refractivity contribution in [1.29, 1.82) is 0 Å². The van der Waals surface area contributed by atoms with E-state index >= 15 is 0 Å². The molecule has 0 aliphatic heterocycles. The van der Waals surface area contributed by atoms with Gasteiger partial charge in [-0.05, 0) is 24.7 Å². The third-order valence-corrected chi connectivity index (χ3v) is 2.20. The fourth-order valence-corrected chi connectivity index (χ4v) is 1.40. The van der Waals surface area contributed by atoms with Crippen molar-refractivity contribution >= 4 is 17.3 Å². The van der Waals surface area contributed by atoms with Crippen LogP contribution in [-0.2, 0) is 6.54 Å². The van der Waals surface area contributed by atoms with Crippen molar-refractivity contribution in [2.45, 2.75) is 13.5 Å². The molecular weight excluding hydrogens is 211 g/mol. The van der Waals surface area contributed by atoms with E-state index in [0.29, 0.717) is 11.7 Å². The first-order chi connectivity index (χ1) is 7.22. The van der Waals surface area contributed by atoms with Gasteiger partial charge in [0, 0.05) is 13.1 Å². The van der Waals surface area contributed by atoms with Gasteiger partial charge >= 0.3 is 0 Å². The van der Waals surface area contributed by atoms with E-state index in [2.05, 4.69) is 16.7 Å². The number of hydrogen-bond donors (Lipinski definition) is 2. The number of halogens is 1. The van der Waals surface area contributed by atoms with Crippen molar-refractivity contribution in [1.82, 2.24) is 10.6 Å². The Hall–Kier alpha value is -1.16. The number of rotatable bonds is 4. The summed E-state index contributed by atoms with van der Waals surface area (Å²) in [4.78, 5) is 0. The van der Waals surface area contributed by atoms with Crippen LogP contribution in [0.25, 0.3) is 0 Å². The number of thiocarbonyl (C=S) groups is 1. The van der Waals surface area contributed by atoms with Crippen LogP contribution in [0.15, 0.2) is 24.3 Å². The summed E-state index contributed by atoms with van der Waals surface area (Å²) in [6.45, 7) is 2.56. The molecule has 0 spiro atoms. The van der Waals surface area contributed by atoms with E-state index in [1.165, 1.54) is 11.1 Å². The number of alkyl halides is 1. The summed E-state index contributed by atoms with van der Waals surface area (Å²) in [7, 11) is 0. The van der Waals surface area contributed by atoms with Crippen molar-refractivity contribution in [3.63, 3.8) is 0 Å². The van der Waals surface area contributed by atoms with Gasteiger partial charge in [0.2, 0.25) is 0 Å². The lowest BCUT2D eigenvalue weighted by Gasteiger charge is -2.09.